The molecule has 2 aromatic rings. The van der Waals surface area contributed by atoms with Crippen molar-refractivity contribution in [3.8, 4) is 17.9 Å². The van der Waals surface area contributed by atoms with Gasteiger partial charge in [-0.05, 0) is 29.6 Å². The zero-order chi connectivity index (χ0) is 15.1. The van der Waals surface area contributed by atoms with Crippen LogP contribution in [0.4, 0.5) is 5.69 Å². The summed E-state index contributed by atoms with van der Waals surface area (Å²) >= 11 is 1.67. The molecule has 1 aromatic carbocycles. The average molecular weight is 296 g/mol. The summed E-state index contributed by atoms with van der Waals surface area (Å²) in [6.45, 7) is 0.836. The number of thiophene rings is 1. The maximum absolute atomic E-state index is 8.96. The summed E-state index contributed by atoms with van der Waals surface area (Å²) in [6, 6.07) is 11.7. The Kier molecular flexibility index (Phi) is 5.40. The molecule has 0 aliphatic carbocycles. The van der Waals surface area contributed by atoms with Crippen LogP contribution in [0.5, 0.6) is 0 Å². The van der Waals surface area contributed by atoms with E-state index in [2.05, 4.69) is 22.8 Å². The zero-order valence-corrected chi connectivity index (χ0v) is 12.7. The fourth-order valence-electron chi connectivity index (χ4n) is 1.91. The number of aliphatic hydroxyl groups is 1. The van der Waals surface area contributed by atoms with E-state index in [1.54, 1.807) is 17.4 Å². The van der Waals surface area contributed by atoms with Crippen molar-refractivity contribution in [1.29, 1.82) is 5.26 Å². The van der Waals surface area contributed by atoms with E-state index in [0.29, 0.717) is 12.0 Å². The van der Waals surface area contributed by atoms with Crippen LogP contribution in [0, 0.1) is 23.2 Å². The van der Waals surface area contributed by atoms with Crippen molar-refractivity contribution in [3.63, 3.8) is 0 Å². The van der Waals surface area contributed by atoms with E-state index in [1.807, 2.05) is 36.7 Å². The van der Waals surface area contributed by atoms with Crippen LogP contribution in [0.25, 0.3) is 0 Å². The highest BCUT2D eigenvalue weighted by atomic mass is 32.1. The number of rotatable bonds is 4. The number of nitriles is 1. The van der Waals surface area contributed by atoms with E-state index in [4.69, 9.17) is 10.4 Å². The van der Waals surface area contributed by atoms with Crippen LogP contribution in [0.3, 0.4) is 0 Å². The normalized spacial score (nSPS) is 9.57. The van der Waals surface area contributed by atoms with E-state index < -0.39 is 0 Å². The Hall–Kier alpha value is -2.27. The first kappa shape index (κ1) is 15.1. The molecule has 0 aliphatic rings. The molecular weight excluding hydrogens is 280 g/mol. The molecule has 106 valence electrons. The molecule has 0 radical (unpaired) electrons. The highest BCUT2D eigenvalue weighted by molar-refractivity contribution is 7.10. The van der Waals surface area contributed by atoms with Gasteiger partial charge in [-0.2, -0.15) is 5.26 Å². The van der Waals surface area contributed by atoms with Crippen LogP contribution in [-0.4, -0.2) is 18.8 Å². The maximum atomic E-state index is 8.96. The standard InChI is InChI=1S/C17H16N2OS/c1-19(16-7-4-5-14(11-16)12-18)13-17-15(8-10-21-17)6-2-3-9-20/h4-5,7-8,10-11,20H,3,9,13H2,1H3. The number of benzene rings is 1. The van der Waals surface area contributed by atoms with Crippen LogP contribution in [-0.2, 0) is 6.54 Å². The first-order valence-corrected chi connectivity index (χ1v) is 7.50. The predicted molar refractivity (Wildman–Crippen MR) is 86.2 cm³/mol. The lowest BCUT2D eigenvalue weighted by atomic mass is 10.2. The maximum Gasteiger partial charge on any atom is 0.0992 e. The van der Waals surface area contributed by atoms with Crippen molar-refractivity contribution in [2.24, 2.45) is 0 Å². The molecule has 2 rings (SSSR count). The Balaban J connectivity index is 2.13. The molecule has 0 aliphatic heterocycles. The molecule has 0 atom stereocenters. The third-order valence-corrected chi connectivity index (χ3v) is 3.91. The fourth-order valence-corrected chi connectivity index (χ4v) is 2.79. The first-order valence-electron chi connectivity index (χ1n) is 6.62. The highest BCUT2D eigenvalue weighted by Crippen LogP contribution is 2.22. The first-order chi connectivity index (χ1) is 10.2. The van der Waals surface area contributed by atoms with Crippen molar-refractivity contribution < 1.29 is 5.11 Å². The topological polar surface area (TPSA) is 47.3 Å². The number of nitrogens with zero attached hydrogens (tertiary/aromatic N) is 2. The Bertz CT molecular complexity index is 703. The van der Waals surface area contributed by atoms with Gasteiger partial charge in [-0.1, -0.05) is 17.9 Å². The van der Waals surface area contributed by atoms with Crippen LogP contribution in [0.1, 0.15) is 22.4 Å². The molecule has 0 amide bonds. The smallest absolute Gasteiger partial charge is 0.0992 e. The number of hydrogen-bond donors (Lipinski definition) is 1. The van der Waals surface area contributed by atoms with Gasteiger partial charge in [-0.15, -0.1) is 11.3 Å². The molecule has 0 spiro atoms. The SMILES string of the molecule is CN(Cc1sccc1C#CCCO)c1cccc(C#N)c1. The van der Waals surface area contributed by atoms with Crippen molar-refractivity contribution in [1.82, 2.24) is 0 Å². The molecular formula is C17H16N2OS. The van der Waals surface area contributed by atoms with Gasteiger partial charge in [0, 0.05) is 29.6 Å². The Morgan fingerprint density at radius 1 is 1.33 bits per heavy atom. The highest BCUT2D eigenvalue weighted by Gasteiger charge is 2.07. The lowest BCUT2D eigenvalue weighted by Gasteiger charge is -2.19. The van der Waals surface area contributed by atoms with Crippen LogP contribution < -0.4 is 4.90 Å². The second-order valence-corrected chi connectivity index (χ2v) is 5.55. The van der Waals surface area contributed by atoms with Crippen molar-refractivity contribution in [2.75, 3.05) is 18.6 Å². The number of aliphatic hydroxyl groups excluding tert-OH is 1. The summed E-state index contributed by atoms with van der Waals surface area (Å²) in [5.41, 5.74) is 2.68. The van der Waals surface area contributed by atoms with E-state index in [0.717, 1.165) is 17.8 Å². The third kappa shape index (κ3) is 4.10. The van der Waals surface area contributed by atoms with E-state index in [1.165, 1.54) is 4.88 Å². The molecule has 1 heterocycles. The third-order valence-electron chi connectivity index (χ3n) is 3.00. The minimum atomic E-state index is 0.0906. The quantitative estimate of drug-likeness (QED) is 0.882. The molecule has 1 N–H and O–H groups in total. The van der Waals surface area contributed by atoms with Crippen molar-refractivity contribution in [3.05, 3.63) is 51.7 Å². The van der Waals surface area contributed by atoms with Gasteiger partial charge < -0.3 is 10.0 Å². The van der Waals surface area contributed by atoms with Gasteiger partial charge in [0.15, 0.2) is 0 Å². The molecule has 0 unspecified atom stereocenters. The molecule has 21 heavy (non-hydrogen) atoms. The molecule has 3 nitrogen and oxygen atoms in total. The molecule has 0 saturated carbocycles. The lowest BCUT2D eigenvalue weighted by Crippen LogP contribution is -2.16. The van der Waals surface area contributed by atoms with E-state index in [-0.39, 0.29) is 6.61 Å². The molecule has 0 bridgehead atoms. The largest absolute Gasteiger partial charge is 0.395 e. The van der Waals surface area contributed by atoms with Gasteiger partial charge >= 0.3 is 0 Å². The van der Waals surface area contributed by atoms with Crippen molar-refractivity contribution in [2.45, 2.75) is 13.0 Å². The van der Waals surface area contributed by atoms with Crippen LogP contribution >= 0.6 is 11.3 Å². The summed E-state index contributed by atoms with van der Waals surface area (Å²) in [5.74, 6) is 6.05. The molecule has 0 saturated heterocycles. The van der Waals surface area contributed by atoms with Gasteiger partial charge in [-0.3, -0.25) is 0 Å². The average Bonchev–Trinajstić information content (AvgIpc) is 2.95. The lowest BCUT2D eigenvalue weighted by molar-refractivity contribution is 0.305. The van der Waals surface area contributed by atoms with E-state index >= 15 is 0 Å². The molecule has 1 aromatic heterocycles. The second kappa shape index (κ2) is 7.50. The molecule has 0 fully saturated rings. The Morgan fingerprint density at radius 2 is 2.19 bits per heavy atom. The van der Waals surface area contributed by atoms with Gasteiger partial charge in [0.2, 0.25) is 0 Å². The van der Waals surface area contributed by atoms with E-state index in [9.17, 15) is 0 Å². The van der Waals surface area contributed by atoms with Crippen molar-refractivity contribution >= 4 is 17.0 Å². The van der Waals surface area contributed by atoms with Gasteiger partial charge in [0.1, 0.15) is 0 Å². The zero-order valence-electron chi connectivity index (χ0n) is 11.8. The monoisotopic (exact) mass is 296 g/mol. The number of hydrogen-bond acceptors (Lipinski definition) is 4. The Labute approximate surface area is 129 Å². The summed E-state index contributed by atoms with van der Waals surface area (Å²) in [6.07, 6.45) is 0.495. The van der Waals surface area contributed by atoms with Crippen LogP contribution in [0.15, 0.2) is 35.7 Å². The van der Waals surface area contributed by atoms with Gasteiger partial charge in [-0.25, -0.2) is 0 Å². The predicted octanol–water partition coefficient (Wildman–Crippen LogP) is 2.99. The summed E-state index contributed by atoms with van der Waals surface area (Å²) < 4.78 is 0. The van der Waals surface area contributed by atoms with Crippen LogP contribution in [0.2, 0.25) is 0 Å². The van der Waals surface area contributed by atoms with Gasteiger partial charge in [0.05, 0.1) is 24.8 Å². The van der Waals surface area contributed by atoms with Gasteiger partial charge in [0.25, 0.3) is 0 Å². The summed E-state index contributed by atoms with van der Waals surface area (Å²) in [7, 11) is 2.00. The minimum absolute atomic E-state index is 0.0906. The molecule has 4 heteroatoms. The summed E-state index contributed by atoms with van der Waals surface area (Å²) in [5, 5.41) is 19.8. The number of anilines is 1. The Morgan fingerprint density at radius 3 is 2.95 bits per heavy atom. The fraction of sp³-hybridized carbons (Fsp3) is 0.235. The summed E-state index contributed by atoms with van der Waals surface area (Å²) in [4.78, 5) is 3.29. The minimum Gasteiger partial charge on any atom is -0.395 e. The second-order valence-electron chi connectivity index (χ2n) is 4.55.